The van der Waals surface area contributed by atoms with Gasteiger partial charge < -0.3 is 4.90 Å². The molecule has 1 amide bonds. The van der Waals surface area contributed by atoms with Gasteiger partial charge in [0.05, 0.1) is 17.3 Å². The molecule has 1 aromatic carbocycles. The smallest absolute Gasteiger partial charge is 0.256 e. The molecule has 1 atom stereocenters. The van der Waals surface area contributed by atoms with Crippen molar-refractivity contribution in [1.29, 1.82) is 5.26 Å². The maximum Gasteiger partial charge on any atom is 0.256 e. The predicted octanol–water partition coefficient (Wildman–Crippen LogP) is 3.57. The minimum Gasteiger partial charge on any atom is -0.337 e. The van der Waals surface area contributed by atoms with E-state index in [2.05, 4.69) is 11.1 Å². The van der Waals surface area contributed by atoms with E-state index in [0.717, 1.165) is 6.07 Å². The fourth-order valence-corrected chi connectivity index (χ4v) is 3.22. The number of amides is 1. The first-order valence-electron chi connectivity index (χ1n) is 7.63. The van der Waals surface area contributed by atoms with E-state index in [9.17, 15) is 14.4 Å². The first-order chi connectivity index (χ1) is 11.6. The van der Waals surface area contributed by atoms with Gasteiger partial charge in [0.1, 0.15) is 11.2 Å². The van der Waals surface area contributed by atoms with E-state index in [-0.39, 0.29) is 17.1 Å². The molecule has 1 aliphatic heterocycles. The first-order valence-corrected chi connectivity index (χ1v) is 8.01. The number of nitriles is 1. The molecule has 1 aromatic heterocycles. The van der Waals surface area contributed by atoms with E-state index >= 15 is 0 Å². The Morgan fingerprint density at radius 1 is 1.38 bits per heavy atom. The summed E-state index contributed by atoms with van der Waals surface area (Å²) in [5, 5.41) is 9.98. The molecule has 6 heteroatoms. The summed E-state index contributed by atoms with van der Waals surface area (Å²) in [6, 6.07) is 11.7. The number of aromatic nitrogens is 1. The summed E-state index contributed by atoms with van der Waals surface area (Å²) >= 11 is 5.74. The van der Waals surface area contributed by atoms with Crippen LogP contribution in [0.4, 0.5) is 4.39 Å². The average molecular weight is 344 g/mol. The number of halogens is 2. The molecule has 0 aliphatic carbocycles. The molecular weight excluding hydrogens is 329 g/mol. The maximum atomic E-state index is 14.0. The lowest BCUT2D eigenvalue weighted by atomic mass is 9.78. The topological polar surface area (TPSA) is 57.0 Å². The molecule has 1 saturated heterocycles. The number of piperidine rings is 1. The SMILES string of the molecule is N#C[C@@]1(c2ccccn2)CCCN(C(=O)c2ccc(Cl)cc2F)C1. The molecule has 122 valence electrons. The second-order valence-electron chi connectivity index (χ2n) is 5.86. The number of likely N-dealkylation sites (tertiary alicyclic amines) is 1. The molecule has 0 radical (unpaired) electrons. The monoisotopic (exact) mass is 343 g/mol. The summed E-state index contributed by atoms with van der Waals surface area (Å²) in [5.74, 6) is -1.09. The van der Waals surface area contributed by atoms with E-state index in [1.54, 1.807) is 18.3 Å². The molecule has 0 spiro atoms. The molecule has 3 rings (SSSR count). The number of rotatable bonds is 2. The van der Waals surface area contributed by atoms with Gasteiger partial charge in [-0.25, -0.2) is 4.39 Å². The molecular formula is C18H15ClFN3O. The zero-order chi connectivity index (χ0) is 17.2. The van der Waals surface area contributed by atoms with Gasteiger partial charge in [-0.1, -0.05) is 17.7 Å². The number of pyridine rings is 1. The van der Waals surface area contributed by atoms with Gasteiger partial charge >= 0.3 is 0 Å². The Morgan fingerprint density at radius 2 is 2.21 bits per heavy atom. The number of benzene rings is 1. The third kappa shape index (κ3) is 2.98. The van der Waals surface area contributed by atoms with Crippen LogP contribution in [0.3, 0.4) is 0 Å². The summed E-state index contributed by atoms with van der Waals surface area (Å²) in [7, 11) is 0. The van der Waals surface area contributed by atoms with Gasteiger partial charge in [0.25, 0.3) is 5.91 Å². The molecule has 0 unspecified atom stereocenters. The Bertz CT molecular complexity index is 806. The summed E-state index contributed by atoms with van der Waals surface area (Å²) in [4.78, 5) is 18.5. The Hall–Kier alpha value is -2.45. The number of nitrogens with zero attached hydrogens (tertiary/aromatic N) is 3. The van der Waals surface area contributed by atoms with E-state index in [4.69, 9.17) is 11.6 Å². The minimum absolute atomic E-state index is 0.0332. The minimum atomic E-state index is -0.863. The van der Waals surface area contributed by atoms with Crippen LogP contribution in [0.15, 0.2) is 42.6 Å². The van der Waals surface area contributed by atoms with Crippen LogP contribution in [0.1, 0.15) is 28.9 Å². The first kappa shape index (κ1) is 16.4. The number of hydrogen-bond donors (Lipinski definition) is 0. The third-order valence-corrected chi connectivity index (χ3v) is 4.55. The number of carbonyl (C=O) groups excluding carboxylic acids is 1. The van der Waals surface area contributed by atoms with E-state index in [1.807, 2.05) is 6.07 Å². The molecule has 1 aliphatic rings. The van der Waals surface area contributed by atoms with E-state index in [0.29, 0.717) is 25.1 Å². The molecule has 1 fully saturated rings. The average Bonchev–Trinajstić information content (AvgIpc) is 2.62. The van der Waals surface area contributed by atoms with Gasteiger partial charge in [-0.15, -0.1) is 0 Å². The second kappa shape index (κ2) is 6.58. The standard InChI is InChI=1S/C18H15ClFN3O/c19-13-5-6-14(15(20)10-13)17(24)23-9-3-7-18(11-21,12-23)16-4-1-2-8-22-16/h1-2,4-6,8,10H,3,7,9,12H2/t18-/m0/s1. The lowest BCUT2D eigenvalue weighted by molar-refractivity contribution is 0.0668. The molecule has 2 aromatic rings. The highest BCUT2D eigenvalue weighted by atomic mass is 35.5. The van der Waals surface area contributed by atoms with Crippen molar-refractivity contribution in [3.63, 3.8) is 0 Å². The van der Waals surface area contributed by atoms with Gasteiger partial charge in [0, 0.05) is 24.3 Å². The van der Waals surface area contributed by atoms with Crippen LogP contribution >= 0.6 is 11.6 Å². The van der Waals surface area contributed by atoms with Gasteiger partial charge in [-0.3, -0.25) is 9.78 Å². The largest absolute Gasteiger partial charge is 0.337 e. The van der Waals surface area contributed by atoms with Crippen LogP contribution in [-0.2, 0) is 5.41 Å². The molecule has 4 nitrogen and oxygen atoms in total. The summed E-state index contributed by atoms with van der Waals surface area (Å²) in [5.41, 5.74) is -0.256. The van der Waals surface area contributed by atoms with Crippen LogP contribution in [-0.4, -0.2) is 28.9 Å². The highest BCUT2D eigenvalue weighted by molar-refractivity contribution is 6.30. The fraction of sp³-hybridized carbons (Fsp3) is 0.278. The lowest BCUT2D eigenvalue weighted by Gasteiger charge is -2.38. The molecule has 2 heterocycles. The maximum absolute atomic E-state index is 14.0. The van der Waals surface area contributed by atoms with Crippen molar-refractivity contribution in [2.24, 2.45) is 0 Å². The van der Waals surface area contributed by atoms with Crippen LogP contribution in [0.25, 0.3) is 0 Å². The number of hydrogen-bond acceptors (Lipinski definition) is 3. The Balaban J connectivity index is 1.90. The van der Waals surface area contributed by atoms with Gasteiger partial charge in [0.2, 0.25) is 0 Å². The Kier molecular flexibility index (Phi) is 4.50. The van der Waals surface area contributed by atoms with Crippen molar-refractivity contribution in [3.8, 4) is 6.07 Å². The van der Waals surface area contributed by atoms with E-state index < -0.39 is 17.1 Å². The van der Waals surface area contributed by atoms with Crippen LogP contribution in [0.2, 0.25) is 5.02 Å². The molecule has 0 saturated carbocycles. The highest BCUT2D eigenvalue weighted by Gasteiger charge is 2.40. The zero-order valence-electron chi connectivity index (χ0n) is 12.9. The molecule has 0 bridgehead atoms. The van der Waals surface area contributed by atoms with E-state index in [1.165, 1.54) is 17.0 Å². The zero-order valence-corrected chi connectivity index (χ0v) is 13.6. The normalized spacial score (nSPS) is 20.5. The van der Waals surface area contributed by atoms with Crippen LogP contribution in [0.5, 0.6) is 0 Å². The van der Waals surface area contributed by atoms with Crippen molar-refractivity contribution in [1.82, 2.24) is 9.88 Å². The lowest BCUT2D eigenvalue weighted by Crippen LogP contribution is -2.48. The third-order valence-electron chi connectivity index (χ3n) is 4.31. The molecule has 24 heavy (non-hydrogen) atoms. The summed E-state index contributed by atoms with van der Waals surface area (Å²) in [6.07, 6.45) is 2.91. The van der Waals surface area contributed by atoms with Gasteiger partial charge in [-0.05, 0) is 43.2 Å². The Morgan fingerprint density at radius 3 is 2.88 bits per heavy atom. The number of carbonyl (C=O) groups is 1. The fourth-order valence-electron chi connectivity index (χ4n) is 3.07. The summed E-state index contributed by atoms with van der Waals surface area (Å²) < 4.78 is 14.0. The van der Waals surface area contributed by atoms with Crippen LogP contribution in [0, 0.1) is 17.1 Å². The van der Waals surface area contributed by atoms with Gasteiger partial charge in [0.15, 0.2) is 0 Å². The Labute approximate surface area is 144 Å². The van der Waals surface area contributed by atoms with Gasteiger partial charge in [-0.2, -0.15) is 5.26 Å². The van der Waals surface area contributed by atoms with Crippen molar-refractivity contribution < 1.29 is 9.18 Å². The van der Waals surface area contributed by atoms with Crippen molar-refractivity contribution in [2.45, 2.75) is 18.3 Å². The molecule has 0 N–H and O–H groups in total. The summed E-state index contributed by atoms with van der Waals surface area (Å²) in [6.45, 7) is 0.679. The predicted molar refractivity (Wildman–Crippen MR) is 88.1 cm³/mol. The quantitative estimate of drug-likeness (QED) is 0.837. The second-order valence-corrected chi connectivity index (χ2v) is 6.30. The van der Waals surface area contributed by atoms with Crippen molar-refractivity contribution in [3.05, 3.63) is 64.7 Å². The van der Waals surface area contributed by atoms with Crippen molar-refractivity contribution in [2.75, 3.05) is 13.1 Å². The van der Waals surface area contributed by atoms with Crippen LogP contribution < -0.4 is 0 Å². The van der Waals surface area contributed by atoms with Crippen molar-refractivity contribution >= 4 is 17.5 Å². The highest BCUT2D eigenvalue weighted by Crippen LogP contribution is 2.33.